The molecule has 1 fully saturated rings. The van der Waals surface area contributed by atoms with Gasteiger partial charge in [-0.3, -0.25) is 4.79 Å². The number of rotatable bonds is 4. The fourth-order valence-electron chi connectivity index (χ4n) is 2.63. The lowest BCUT2D eigenvalue weighted by Crippen LogP contribution is -2.49. The molecule has 0 aliphatic carbocycles. The third-order valence-electron chi connectivity index (χ3n) is 4.12. The molecule has 3 rings (SSSR count). The first kappa shape index (κ1) is 16.8. The van der Waals surface area contributed by atoms with E-state index in [0.29, 0.717) is 49.5 Å². The van der Waals surface area contributed by atoms with Crippen molar-refractivity contribution in [1.29, 1.82) is 0 Å². The van der Waals surface area contributed by atoms with Crippen molar-refractivity contribution in [3.8, 4) is 0 Å². The molecule has 7 heteroatoms. The summed E-state index contributed by atoms with van der Waals surface area (Å²) >= 11 is 5.87. The molecule has 1 aromatic heterocycles. The maximum atomic E-state index is 12.4. The minimum absolute atomic E-state index is 0.130. The second-order valence-corrected chi connectivity index (χ2v) is 6.70. The fraction of sp³-hybridized carbons (Fsp3) is 0.471. The zero-order valence-electron chi connectivity index (χ0n) is 13.9. The van der Waals surface area contributed by atoms with Gasteiger partial charge in [0.15, 0.2) is 5.82 Å². The Morgan fingerprint density at radius 1 is 1.21 bits per heavy atom. The molecule has 1 aromatic carbocycles. The molecule has 2 aromatic rings. The minimum atomic E-state index is 0.130. The summed E-state index contributed by atoms with van der Waals surface area (Å²) in [6.07, 6.45) is 0.398. The first-order chi connectivity index (χ1) is 11.5. The number of nitrogens with zero attached hydrogens (tertiary/aromatic N) is 4. The van der Waals surface area contributed by atoms with Crippen LogP contribution in [0.5, 0.6) is 0 Å². The zero-order chi connectivity index (χ0) is 17.1. The Bertz CT molecular complexity index is 691. The van der Waals surface area contributed by atoms with Crippen molar-refractivity contribution >= 4 is 23.5 Å². The van der Waals surface area contributed by atoms with Gasteiger partial charge in [-0.25, -0.2) is 0 Å². The highest BCUT2D eigenvalue weighted by Crippen LogP contribution is 2.18. The number of benzene rings is 1. The number of piperazine rings is 1. The molecule has 1 aliphatic heterocycles. The van der Waals surface area contributed by atoms with Gasteiger partial charge in [0.05, 0.1) is 6.42 Å². The summed E-state index contributed by atoms with van der Waals surface area (Å²) in [5.74, 6) is 1.08. The van der Waals surface area contributed by atoms with E-state index in [-0.39, 0.29) is 11.8 Å². The zero-order valence-corrected chi connectivity index (χ0v) is 14.7. The third kappa shape index (κ3) is 3.87. The van der Waals surface area contributed by atoms with Gasteiger partial charge in [-0.1, -0.05) is 42.7 Å². The first-order valence-corrected chi connectivity index (χ1v) is 8.51. The molecular weight excluding hydrogens is 328 g/mol. The molecule has 0 unspecified atom stereocenters. The Morgan fingerprint density at radius 3 is 2.46 bits per heavy atom. The number of halogens is 1. The highest BCUT2D eigenvalue weighted by atomic mass is 35.5. The number of carbonyl (C=O) groups excluding carboxylic acids is 1. The largest absolute Gasteiger partial charge is 0.339 e. The molecule has 1 saturated heterocycles. The second-order valence-electron chi connectivity index (χ2n) is 6.26. The van der Waals surface area contributed by atoms with Crippen LogP contribution < -0.4 is 4.90 Å². The predicted octanol–water partition coefficient (Wildman–Crippen LogP) is 2.74. The monoisotopic (exact) mass is 348 g/mol. The van der Waals surface area contributed by atoms with Crippen LogP contribution in [0.2, 0.25) is 5.02 Å². The highest BCUT2D eigenvalue weighted by molar-refractivity contribution is 6.30. The van der Waals surface area contributed by atoms with Crippen LogP contribution in [-0.2, 0) is 11.2 Å². The van der Waals surface area contributed by atoms with Crippen LogP contribution in [0.25, 0.3) is 0 Å². The lowest BCUT2D eigenvalue weighted by molar-refractivity contribution is -0.130. The number of aromatic nitrogens is 2. The van der Waals surface area contributed by atoms with Gasteiger partial charge in [0.1, 0.15) is 0 Å². The number of hydrogen-bond acceptors (Lipinski definition) is 5. The summed E-state index contributed by atoms with van der Waals surface area (Å²) < 4.78 is 5.32. The van der Waals surface area contributed by atoms with E-state index in [4.69, 9.17) is 16.1 Å². The lowest BCUT2D eigenvalue weighted by atomic mass is 10.1. The standard InChI is InChI=1S/C17H21ClN4O2/c1-12(2)16-19-17(24-20-16)22-9-7-21(8-10-22)15(23)11-13-3-5-14(18)6-4-13/h3-6,12H,7-11H2,1-2H3. The second kappa shape index (κ2) is 7.21. The smallest absolute Gasteiger partial charge is 0.324 e. The van der Waals surface area contributed by atoms with Crippen LogP contribution in [0.4, 0.5) is 6.01 Å². The van der Waals surface area contributed by atoms with Gasteiger partial charge in [0.25, 0.3) is 0 Å². The fourth-order valence-corrected chi connectivity index (χ4v) is 2.75. The topological polar surface area (TPSA) is 62.5 Å². The maximum Gasteiger partial charge on any atom is 0.324 e. The average Bonchev–Trinajstić information content (AvgIpc) is 3.07. The molecule has 0 bridgehead atoms. The van der Waals surface area contributed by atoms with Gasteiger partial charge in [-0.05, 0) is 17.7 Å². The SMILES string of the molecule is CC(C)c1noc(N2CCN(C(=O)Cc3ccc(Cl)cc3)CC2)n1. The predicted molar refractivity (Wildman–Crippen MR) is 92.3 cm³/mol. The van der Waals surface area contributed by atoms with Crippen LogP contribution in [0.15, 0.2) is 28.8 Å². The van der Waals surface area contributed by atoms with Crippen LogP contribution in [0.1, 0.15) is 31.2 Å². The van der Waals surface area contributed by atoms with Gasteiger partial charge in [-0.15, -0.1) is 0 Å². The van der Waals surface area contributed by atoms with Crippen molar-refractivity contribution in [2.45, 2.75) is 26.2 Å². The lowest BCUT2D eigenvalue weighted by Gasteiger charge is -2.33. The maximum absolute atomic E-state index is 12.4. The first-order valence-electron chi connectivity index (χ1n) is 8.13. The van der Waals surface area contributed by atoms with Gasteiger partial charge in [-0.2, -0.15) is 4.98 Å². The molecule has 24 heavy (non-hydrogen) atoms. The Balaban J connectivity index is 1.54. The Hall–Kier alpha value is -2.08. The average molecular weight is 349 g/mol. The van der Waals surface area contributed by atoms with Crippen molar-refractivity contribution in [2.24, 2.45) is 0 Å². The third-order valence-corrected chi connectivity index (χ3v) is 4.37. The summed E-state index contributed by atoms with van der Waals surface area (Å²) in [5, 5.41) is 4.67. The van der Waals surface area contributed by atoms with E-state index in [0.717, 1.165) is 5.56 Å². The summed E-state index contributed by atoms with van der Waals surface area (Å²) in [6.45, 7) is 6.78. The van der Waals surface area contributed by atoms with E-state index in [1.165, 1.54) is 0 Å². The Labute approximate surface area is 146 Å². The van der Waals surface area contributed by atoms with E-state index in [9.17, 15) is 4.79 Å². The van der Waals surface area contributed by atoms with Crippen molar-refractivity contribution in [3.63, 3.8) is 0 Å². The Kier molecular flexibility index (Phi) is 5.04. The molecule has 0 N–H and O–H groups in total. The molecule has 0 saturated carbocycles. The number of amides is 1. The summed E-state index contributed by atoms with van der Waals surface area (Å²) in [7, 11) is 0. The Morgan fingerprint density at radius 2 is 1.88 bits per heavy atom. The molecule has 1 amide bonds. The number of anilines is 1. The van der Waals surface area contributed by atoms with Crippen molar-refractivity contribution in [2.75, 3.05) is 31.1 Å². The number of carbonyl (C=O) groups is 1. The molecule has 0 radical (unpaired) electrons. The van der Waals surface area contributed by atoms with Crippen molar-refractivity contribution in [1.82, 2.24) is 15.0 Å². The van der Waals surface area contributed by atoms with Crippen LogP contribution >= 0.6 is 11.6 Å². The van der Waals surface area contributed by atoms with E-state index >= 15 is 0 Å². The van der Waals surface area contributed by atoms with E-state index in [2.05, 4.69) is 10.1 Å². The molecule has 128 valence electrons. The molecule has 0 atom stereocenters. The van der Waals surface area contributed by atoms with Gasteiger partial charge < -0.3 is 14.3 Å². The molecule has 2 heterocycles. The quantitative estimate of drug-likeness (QED) is 0.850. The molecular formula is C17H21ClN4O2. The van der Waals surface area contributed by atoms with Gasteiger partial charge in [0, 0.05) is 37.1 Å². The highest BCUT2D eigenvalue weighted by Gasteiger charge is 2.24. The van der Waals surface area contributed by atoms with Crippen LogP contribution in [0.3, 0.4) is 0 Å². The van der Waals surface area contributed by atoms with E-state index in [1.54, 1.807) is 0 Å². The molecule has 1 aliphatic rings. The van der Waals surface area contributed by atoms with E-state index < -0.39 is 0 Å². The number of hydrogen-bond donors (Lipinski definition) is 0. The van der Waals surface area contributed by atoms with Crippen LogP contribution in [-0.4, -0.2) is 47.1 Å². The normalized spacial score (nSPS) is 15.2. The van der Waals surface area contributed by atoms with Crippen molar-refractivity contribution in [3.05, 3.63) is 40.7 Å². The molecule has 6 nitrogen and oxygen atoms in total. The van der Waals surface area contributed by atoms with Gasteiger partial charge >= 0.3 is 6.01 Å². The summed E-state index contributed by atoms with van der Waals surface area (Å²) in [6, 6.07) is 7.95. The van der Waals surface area contributed by atoms with Crippen LogP contribution in [0, 0.1) is 0 Å². The summed E-state index contributed by atoms with van der Waals surface area (Å²) in [4.78, 5) is 20.7. The van der Waals surface area contributed by atoms with Gasteiger partial charge in [0.2, 0.25) is 5.91 Å². The summed E-state index contributed by atoms with van der Waals surface area (Å²) in [5.41, 5.74) is 0.977. The van der Waals surface area contributed by atoms with E-state index in [1.807, 2.05) is 47.9 Å². The molecule has 0 spiro atoms. The minimum Gasteiger partial charge on any atom is -0.339 e. The van der Waals surface area contributed by atoms with Crippen molar-refractivity contribution < 1.29 is 9.32 Å².